The van der Waals surface area contributed by atoms with Gasteiger partial charge in [0.2, 0.25) is 5.82 Å². The molecule has 1 rings (SSSR count). The molecule has 112 valence electrons. The highest BCUT2D eigenvalue weighted by Crippen LogP contribution is 2.27. The standard InChI is InChI=1S/C14H24N4O2/c1-5-9-15-13-7-6-12(18(19)20)14(16-13)17(4)10-8-11(2)3/h6-7,11H,5,8-10H2,1-4H3,(H,15,16). The molecule has 6 heteroatoms. The van der Waals surface area contributed by atoms with Gasteiger partial charge in [0.25, 0.3) is 0 Å². The van der Waals surface area contributed by atoms with Gasteiger partial charge in [-0.2, -0.15) is 0 Å². The fraction of sp³-hybridized carbons (Fsp3) is 0.643. The summed E-state index contributed by atoms with van der Waals surface area (Å²) in [6.45, 7) is 7.89. The Bertz CT molecular complexity index is 449. The first kappa shape index (κ1) is 16.2. The first-order chi connectivity index (χ1) is 9.45. The van der Waals surface area contributed by atoms with Crippen LogP contribution in [0.25, 0.3) is 0 Å². The number of anilines is 2. The zero-order valence-corrected chi connectivity index (χ0v) is 12.7. The molecular formula is C14H24N4O2. The van der Waals surface area contributed by atoms with E-state index in [4.69, 9.17) is 0 Å². The van der Waals surface area contributed by atoms with E-state index < -0.39 is 0 Å². The first-order valence-corrected chi connectivity index (χ1v) is 7.06. The van der Waals surface area contributed by atoms with Crippen LogP contribution in [0.5, 0.6) is 0 Å². The minimum atomic E-state index is -0.377. The number of nitro groups is 1. The lowest BCUT2D eigenvalue weighted by atomic mass is 10.1. The van der Waals surface area contributed by atoms with Gasteiger partial charge in [-0.3, -0.25) is 10.1 Å². The molecule has 0 bridgehead atoms. The van der Waals surface area contributed by atoms with Gasteiger partial charge in [0.05, 0.1) is 4.92 Å². The summed E-state index contributed by atoms with van der Waals surface area (Å²) in [5.74, 6) is 1.67. The van der Waals surface area contributed by atoms with E-state index in [1.54, 1.807) is 6.07 Å². The smallest absolute Gasteiger partial charge is 0.311 e. The molecule has 0 aliphatic rings. The fourth-order valence-electron chi connectivity index (χ4n) is 1.77. The molecule has 0 unspecified atom stereocenters. The molecule has 0 spiro atoms. The Hall–Kier alpha value is -1.85. The van der Waals surface area contributed by atoms with Crippen LogP contribution in [-0.4, -0.2) is 30.0 Å². The van der Waals surface area contributed by atoms with Crippen LogP contribution in [0.15, 0.2) is 12.1 Å². The summed E-state index contributed by atoms with van der Waals surface area (Å²) in [4.78, 5) is 17.0. The van der Waals surface area contributed by atoms with Crippen molar-refractivity contribution in [2.75, 3.05) is 30.4 Å². The second kappa shape index (κ2) is 7.67. The third-order valence-corrected chi connectivity index (χ3v) is 3.01. The van der Waals surface area contributed by atoms with Crippen LogP contribution in [0.3, 0.4) is 0 Å². The SMILES string of the molecule is CCCNc1ccc([N+](=O)[O-])c(N(C)CCC(C)C)n1. The van der Waals surface area contributed by atoms with E-state index in [1.165, 1.54) is 6.07 Å². The molecule has 0 aromatic carbocycles. The molecular weight excluding hydrogens is 256 g/mol. The third-order valence-electron chi connectivity index (χ3n) is 3.01. The minimum absolute atomic E-state index is 0.0540. The van der Waals surface area contributed by atoms with Crippen molar-refractivity contribution in [1.29, 1.82) is 0 Å². The highest BCUT2D eigenvalue weighted by Gasteiger charge is 2.19. The number of aromatic nitrogens is 1. The van der Waals surface area contributed by atoms with Crippen LogP contribution < -0.4 is 10.2 Å². The van der Waals surface area contributed by atoms with Gasteiger partial charge < -0.3 is 10.2 Å². The molecule has 0 saturated heterocycles. The van der Waals surface area contributed by atoms with Gasteiger partial charge in [-0.15, -0.1) is 0 Å². The summed E-state index contributed by atoms with van der Waals surface area (Å²) in [6, 6.07) is 3.18. The normalized spacial score (nSPS) is 10.7. The first-order valence-electron chi connectivity index (χ1n) is 7.06. The molecule has 1 aromatic heterocycles. The Labute approximate surface area is 120 Å². The van der Waals surface area contributed by atoms with Crippen molar-refractivity contribution in [2.24, 2.45) is 5.92 Å². The van der Waals surface area contributed by atoms with E-state index in [2.05, 4.69) is 31.1 Å². The average molecular weight is 280 g/mol. The summed E-state index contributed by atoms with van der Waals surface area (Å²) >= 11 is 0. The van der Waals surface area contributed by atoms with Crippen molar-refractivity contribution in [3.8, 4) is 0 Å². The molecule has 0 aliphatic carbocycles. The minimum Gasteiger partial charge on any atom is -0.370 e. The summed E-state index contributed by atoms with van der Waals surface area (Å²) < 4.78 is 0. The number of hydrogen-bond donors (Lipinski definition) is 1. The van der Waals surface area contributed by atoms with Crippen LogP contribution in [0, 0.1) is 16.0 Å². The maximum atomic E-state index is 11.1. The van der Waals surface area contributed by atoms with Crippen LogP contribution >= 0.6 is 0 Å². The zero-order valence-electron chi connectivity index (χ0n) is 12.7. The van der Waals surface area contributed by atoms with Gasteiger partial charge in [0.15, 0.2) is 0 Å². The lowest BCUT2D eigenvalue weighted by Crippen LogP contribution is -2.22. The number of rotatable bonds is 8. The summed E-state index contributed by atoms with van der Waals surface area (Å²) in [6.07, 6.45) is 1.96. The Balaban J connectivity index is 2.95. The van der Waals surface area contributed by atoms with Crippen molar-refractivity contribution >= 4 is 17.3 Å². The molecule has 1 heterocycles. The molecule has 6 nitrogen and oxygen atoms in total. The second-order valence-electron chi connectivity index (χ2n) is 5.33. The maximum Gasteiger partial charge on any atom is 0.311 e. The molecule has 0 saturated carbocycles. The quantitative estimate of drug-likeness (QED) is 0.584. The molecule has 0 fully saturated rings. The molecule has 0 amide bonds. The van der Waals surface area contributed by atoms with Gasteiger partial charge in [-0.25, -0.2) is 4.98 Å². The van der Waals surface area contributed by atoms with Crippen molar-refractivity contribution < 1.29 is 4.92 Å². The predicted molar refractivity (Wildman–Crippen MR) is 82.4 cm³/mol. The Morgan fingerprint density at radius 3 is 2.70 bits per heavy atom. The van der Waals surface area contributed by atoms with E-state index in [9.17, 15) is 10.1 Å². The number of pyridine rings is 1. The van der Waals surface area contributed by atoms with Crippen molar-refractivity contribution in [1.82, 2.24) is 4.98 Å². The van der Waals surface area contributed by atoms with Crippen LogP contribution in [-0.2, 0) is 0 Å². The number of nitrogens with zero attached hydrogens (tertiary/aromatic N) is 3. The van der Waals surface area contributed by atoms with Crippen LogP contribution in [0.1, 0.15) is 33.6 Å². The largest absolute Gasteiger partial charge is 0.370 e. The average Bonchev–Trinajstić information content (AvgIpc) is 2.41. The number of hydrogen-bond acceptors (Lipinski definition) is 5. The fourth-order valence-corrected chi connectivity index (χ4v) is 1.77. The Morgan fingerprint density at radius 2 is 2.15 bits per heavy atom. The van der Waals surface area contributed by atoms with Gasteiger partial charge in [-0.05, 0) is 24.8 Å². The van der Waals surface area contributed by atoms with E-state index >= 15 is 0 Å². The molecule has 1 N–H and O–H groups in total. The lowest BCUT2D eigenvalue weighted by molar-refractivity contribution is -0.384. The van der Waals surface area contributed by atoms with E-state index in [1.807, 2.05) is 11.9 Å². The number of nitrogens with one attached hydrogen (secondary N) is 1. The molecule has 1 aromatic rings. The topological polar surface area (TPSA) is 71.3 Å². The van der Waals surface area contributed by atoms with Crippen LogP contribution in [0.2, 0.25) is 0 Å². The Kier molecular flexibility index (Phi) is 6.21. The predicted octanol–water partition coefficient (Wildman–Crippen LogP) is 3.29. The second-order valence-corrected chi connectivity index (χ2v) is 5.33. The third kappa shape index (κ3) is 4.68. The summed E-state index contributed by atoms with van der Waals surface area (Å²) in [5, 5.41) is 14.3. The summed E-state index contributed by atoms with van der Waals surface area (Å²) in [5.41, 5.74) is 0.0540. The monoisotopic (exact) mass is 280 g/mol. The highest BCUT2D eigenvalue weighted by molar-refractivity contribution is 5.61. The molecule has 0 atom stereocenters. The van der Waals surface area contributed by atoms with Crippen molar-refractivity contribution in [2.45, 2.75) is 33.6 Å². The van der Waals surface area contributed by atoms with Gasteiger partial charge in [0, 0.05) is 26.2 Å². The molecule has 0 radical (unpaired) electrons. The van der Waals surface area contributed by atoms with E-state index in [0.717, 1.165) is 25.9 Å². The highest BCUT2D eigenvalue weighted by atomic mass is 16.6. The summed E-state index contributed by atoms with van der Waals surface area (Å²) in [7, 11) is 1.85. The van der Waals surface area contributed by atoms with E-state index in [0.29, 0.717) is 17.6 Å². The van der Waals surface area contributed by atoms with Gasteiger partial charge in [0.1, 0.15) is 5.82 Å². The molecule has 20 heavy (non-hydrogen) atoms. The van der Waals surface area contributed by atoms with Crippen molar-refractivity contribution in [3.63, 3.8) is 0 Å². The van der Waals surface area contributed by atoms with E-state index in [-0.39, 0.29) is 10.6 Å². The maximum absolute atomic E-state index is 11.1. The zero-order chi connectivity index (χ0) is 15.1. The van der Waals surface area contributed by atoms with Gasteiger partial charge in [-0.1, -0.05) is 20.8 Å². The lowest BCUT2D eigenvalue weighted by Gasteiger charge is -2.19. The molecule has 0 aliphatic heterocycles. The van der Waals surface area contributed by atoms with Crippen molar-refractivity contribution in [3.05, 3.63) is 22.2 Å². The Morgan fingerprint density at radius 1 is 1.45 bits per heavy atom. The van der Waals surface area contributed by atoms with Crippen LogP contribution in [0.4, 0.5) is 17.3 Å². The van der Waals surface area contributed by atoms with Gasteiger partial charge >= 0.3 is 5.69 Å².